The molecule has 0 aliphatic carbocycles. The van der Waals surface area contributed by atoms with E-state index in [1.54, 1.807) is 6.07 Å². The molecule has 1 aromatic heterocycles. The lowest BCUT2D eigenvalue weighted by atomic mass is 10.0. The van der Waals surface area contributed by atoms with Gasteiger partial charge in [-0.05, 0) is 49.7 Å². The van der Waals surface area contributed by atoms with Crippen LogP contribution in [0.1, 0.15) is 31.3 Å². The van der Waals surface area contributed by atoms with E-state index in [9.17, 15) is 4.79 Å². The van der Waals surface area contributed by atoms with Gasteiger partial charge in [0.15, 0.2) is 0 Å². The summed E-state index contributed by atoms with van der Waals surface area (Å²) in [6.07, 6.45) is 0. The van der Waals surface area contributed by atoms with E-state index in [1.165, 1.54) is 0 Å². The molecule has 0 bridgehead atoms. The number of esters is 1. The van der Waals surface area contributed by atoms with Gasteiger partial charge in [-0.25, -0.2) is 9.78 Å². The fraction of sp³-hybridized carbons (Fsp3) is 0.222. The quantitative estimate of drug-likeness (QED) is 0.491. The van der Waals surface area contributed by atoms with Crippen LogP contribution in [0.4, 0.5) is 0 Å². The zero-order valence-electron chi connectivity index (χ0n) is 12.4. The third-order valence-corrected chi connectivity index (χ3v) is 3.20. The maximum Gasteiger partial charge on any atom is 0.357 e. The van der Waals surface area contributed by atoms with Gasteiger partial charge in [0.05, 0.1) is 5.52 Å². The van der Waals surface area contributed by atoms with Crippen molar-refractivity contribution in [2.75, 3.05) is 0 Å². The van der Waals surface area contributed by atoms with E-state index in [2.05, 4.69) is 17.1 Å². The first-order chi connectivity index (χ1) is 9.94. The molecule has 3 heteroatoms. The zero-order chi connectivity index (χ0) is 15.0. The number of nitrogens with zero attached hydrogens (tertiary/aromatic N) is 1. The fourth-order valence-electron chi connectivity index (χ4n) is 2.33. The van der Waals surface area contributed by atoms with Crippen LogP contribution in [0.5, 0.6) is 0 Å². The molecule has 0 fully saturated rings. The van der Waals surface area contributed by atoms with Crippen LogP contribution in [-0.4, -0.2) is 16.6 Å². The van der Waals surface area contributed by atoms with E-state index in [4.69, 9.17) is 4.74 Å². The van der Waals surface area contributed by atoms with Crippen LogP contribution >= 0.6 is 0 Å². The summed E-state index contributed by atoms with van der Waals surface area (Å²) in [6, 6.07) is 15.8. The topological polar surface area (TPSA) is 39.2 Å². The zero-order valence-corrected chi connectivity index (χ0v) is 12.4. The molecule has 0 unspecified atom stereocenters. The SMILES string of the molecule is CC(C)(C)OC(=O)c1ccc2c(ccc3ccccc32)n1. The van der Waals surface area contributed by atoms with Crippen molar-refractivity contribution < 1.29 is 9.53 Å². The Bertz CT molecular complexity index is 831. The number of aromatic nitrogens is 1. The van der Waals surface area contributed by atoms with Crippen LogP contribution in [0.15, 0.2) is 48.5 Å². The molecule has 3 nitrogen and oxygen atoms in total. The Balaban J connectivity index is 2.09. The molecule has 0 amide bonds. The number of carbonyl (C=O) groups is 1. The number of fused-ring (bicyclic) bond motifs is 3. The van der Waals surface area contributed by atoms with Crippen molar-refractivity contribution >= 4 is 27.6 Å². The number of carbonyl (C=O) groups excluding carboxylic acids is 1. The lowest BCUT2D eigenvalue weighted by Gasteiger charge is -2.19. The number of ether oxygens (including phenoxy) is 1. The molecule has 0 saturated heterocycles. The van der Waals surface area contributed by atoms with Gasteiger partial charge in [-0.2, -0.15) is 0 Å². The minimum atomic E-state index is -0.517. The maximum atomic E-state index is 12.1. The summed E-state index contributed by atoms with van der Waals surface area (Å²) in [5.41, 5.74) is 0.627. The molecule has 0 atom stereocenters. The first kappa shape index (κ1) is 13.6. The van der Waals surface area contributed by atoms with E-state index >= 15 is 0 Å². The Morgan fingerprint density at radius 2 is 1.71 bits per heavy atom. The normalized spacial score (nSPS) is 11.8. The molecular formula is C18H17NO2. The van der Waals surface area contributed by atoms with E-state index in [0.717, 1.165) is 21.7 Å². The van der Waals surface area contributed by atoms with Gasteiger partial charge >= 0.3 is 5.97 Å². The molecular weight excluding hydrogens is 262 g/mol. The molecule has 0 aliphatic heterocycles. The summed E-state index contributed by atoms with van der Waals surface area (Å²) in [6.45, 7) is 5.54. The van der Waals surface area contributed by atoms with Gasteiger partial charge < -0.3 is 4.74 Å². The average Bonchev–Trinajstić information content (AvgIpc) is 2.44. The maximum absolute atomic E-state index is 12.1. The second-order valence-corrected chi connectivity index (χ2v) is 6.05. The molecule has 0 radical (unpaired) electrons. The third-order valence-electron chi connectivity index (χ3n) is 3.20. The summed E-state index contributed by atoms with van der Waals surface area (Å²) >= 11 is 0. The summed E-state index contributed by atoms with van der Waals surface area (Å²) in [7, 11) is 0. The van der Waals surface area contributed by atoms with Crippen molar-refractivity contribution in [1.82, 2.24) is 4.98 Å². The summed E-state index contributed by atoms with van der Waals surface area (Å²) < 4.78 is 5.36. The number of rotatable bonds is 1. The van der Waals surface area contributed by atoms with Crippen molar-refractivity contribution in [1.29, 1.82) is 0 Å². The number of hydrogen-bond acceptors (Lipinski definition) is 3. The molecule has 3 aromatic rings. The average molecular weight is 279 g/mol. The Kier molecular flexibility index (Phi) is 3.13. The highest BCUT2D eigenvalue weighted by Gasteiger charge is 2.19. The van der Waals surface area contributed by atoms with Crippen molar-refractivity contribution in [3.8, 4) is 0 Å². The number of hydrogen-bond donors (Lipinski definition) is 0. The Labute approximate surface area is 123 Å². The predicted molar refractivity (Wildman–Crippen MR) is 84.4 cm³/mol. The Morgan fingerprint density at radius 1 is 0.952 bits per heavy atom. The van der Waals surface area contributed by atoms with Crippen LogP contribution in [0.25, 0.3) is 21.7 Å². The first-order valence-electron chi connectivity index (χ1n) is 6.96. The van der Waals surface area contributed by atoms with Crippen molar-refractivity contribution in [3.05, 3.63) is 54.2 Å². The Hall–Kier alpha value is -2.42. The van der Waals surface area contributed by atoms with Gasteiger partial charge in [-0.1, -0.05) is 30.3 Å². The minimum absolute atomic E-state index is 0.340. The molecule has 0 saturated carbocycles. The predicted octanol–water partition coefficient (Wildman–Crippen LogP) is 4.34. The Morgan fingerprint density at radius 3 is 2.48 bits per heavy atom. The minimum Gasteiger partial charge on any atom is -0.455 e. The lowest BCUT2D eigenvalue weighted by molar-refractivity contribution is 0.00633. The smallest absolute Gasteiger partial charge is 0.357 e. The second-order valence-electron chi connectivity index (χ2n) is 6.05. The molecule has 2 aromatic carbocycles. The van der Waals surface area contributed by atoms with Gasteiger partial charge in [0.25, 0.3) is 0 Å². The summed E-state index contributed by atoms with van der Waals surface area (Å²) in [5, 5.41) is 3.34. The van der Waals surface area contributed by atoms with E-state index in [0.29, 0.717) is 5.69 Å². The van der Waals surface area contributed by atoms with E-state index in [-0.39, 0.29) is 0 Å². The second kappa shape index (κ2) is 4.85. The first-order valence-corrected chi connectivity index (χ1v) is 6.96. The fourth-order valence-corrected chi connectivity index (χ4v) is 2.33. The van der Waals surface area contributed by atoms with E-state index < -0.39 is 11.6 Å². The van der Waals surface area contributed by atoms with Crippen molar-refractivity contribution in [2.24, 2.45) is 0 Å². The number of benzene rings is 2. The van der Waals surface area contributed by atoms with Crippen molar-refractivity contribution in [2.45, 2.75) is 26.4 Å². The highest BCUT2D eigenvalue weighted by atomic mass is 16.6. The monoisotopic (exact) mass is 279 g/mol. The molecule has 0 N–H and O–H groups in total. The molecule has 106 valence electrons. The summed E-state index contributed by atoms with van der Waals surface area (Å²) in [5.74, 6) is -0.391. The van der Waals surface area contributed by atoms with Gasteiger partial charge in [-0.15, -0.1) is 0 Å². The van der Waals surface area contributed by atoms with Gasteiger partial charge in [-0.3, -0.25) is 0 Å². The largest absolute Gasteiger partial charge is 0.455 e. The van der Waals surface area contributed by atoms with E-state index in [1.807, 2.05) is 51.1 Å². The number of pyridine rings is 1. The van der Waals surface area contributed by atoms with Crippen LogP contribution in [0.2, 0.25) is 0 Å². The van der Waals surface area contributed by atoms with Gasteiger partial charge in [0.2, 0.25) is 0 Å². The van der Waals surface area contributed by atoms with Crippen molar-refractivity contribution in [3.63, 3.8) is 0 Å². The van der Waals surface area contributed by atoms with Gasteiger partial charge in [0.1, 0.15) is 11.3 Å². The highest BCUT2D eigenvalue weighted by molar-refractivity contribution is 6.07. The van der Waals surface area contributed by atoms with Crippen LogP contribution in [-0.2, 0) is 4.74 Å². The van der Waals surface area contributed by atoms with Gasteiger partial charge in [0, 0.05) is 5.39 Å². The standard InChI is InChI=1S/C18H17NO2/c1-18(2,3)21-17(20)16-11-9-14-13-7-5-4-6-12(13)8-10-15(14)19-16/h4-11H,1-3H3. The van der Waals surface area contributed by atoms with Crippen LogP contribution in [0.3, 0.4) is 0 Å². The third kappa shape index (κ3) is 2.72. The molecule has 0 aliphatic rings. The molecule has 21 heavy (non-hydrogen) atoms. The molecule has 0 spiro atoms. The summed E-state index contributed by atoms with van der Waals surface area (Å²) in [4.78, 5) is 16.5. The van der Waals surface area contributed by atoms with Crippen LogP contribution < -0.4 is 0 Å². The highest BCUT2D eigenvalue weighted by Crippen LogP contribution is 2.24. The molecule has 3 rings (SSSR count). The van der Waals surface area contributed by atoms with Crippen LogP contribution in [0, 0.1) is 0 Å². The lowest BCUT2D eigenvalue weighted by Crippen LogP contribution is -2.24. The molecule has 1 heterocycles.